The maximum Gasteiger partial charge on any atom is 0.321 e. The molecule has 98 valence electrons. The quantitative estimate of drug-likeness (QED) is 0.736. The summed E-state index contributed by atoms with van der Waals surface area (Å²) in [6.45, 7) is 6.05. The number of urea groups is 1. The monoisotopic (exact) mass is 261 g/mol. The van der Waals surface area contributed by atoms with Crippen molar-refractivity contribution in [3.63, 3.8) is 0 Å². The molecule has 0 atom stereocenters. The molecule has 1 aliphatic heterocycles. The highest BCUT2D eigenvalue weighted by atomic mass is 35.5. The highest BCUT2D eigenvalue weighted by Gasteiger charge is 2.18. The largest absolute Gasteiger partial charge is 0.338 e. The second kappa shape index (κ2) is 7.50. The molecule has 0 unspecified atom stereocenters. The van der Waals surface area contributed by atoms with Crippen molar-refractivity contribution in [1.82, 2.24) is 15.5 Å². The van der Waals surface area contributed by atoms with E-state index in [0.29, 0.717) is 12.5 Å². The van der Waals surface area contributed by atoms with Crippen molar-refractivity contribution in [1.29, 1.82) is 0 Å². The zero-order chi connectivity index (χ0) is 12.7. The number of hydrogen-bond acceptors (Lipinski definition) is 3. The van der Waals surface area contributed by atoms with E-state index in [1.807, 2.05) is 0 Å². The van der Waals surface area contributed by atoms with Gasteiger partial charge < -0.3 is 10.2 Å². The fourth-order valence-electron chi connectivity index (χ4n) is 1.95. The van der Waals surface area contributed by atoms with Gasteiger partial charge in [-0.1, -0.05) is 6.92 Å². The standard InChI is InChI=1S/C11H20ClN3O2/c1-2-15-5-3-9(4-6-15)8-13-11(17)14-10(16)7-12/h9H,2-8H2,1H3,(H2,13,14,16,17). The first kappa shape index (κ1) is 14.3. The van der Waals surface area contributed by atoms with Crippen LogP contribution in [0, 0.1) is 5.92 Å². The second-order valence-electron chi connectivity index (χ2n) is 4.27. The summed E-state index contributed by atoms with van der Waals surface area (Å²) in [6.07, 6.45) is 2.19. The molecule has 0 bridgehead atoms. The summed E-state index contributed by atoms with van der Waals surface area (Å²) in [5.41, 5.74) is 0. The van der Waals surface area contributed by atoms with Gasteiger partial charge in [0.15, 0.2) is 0 Å². The molecule has 0 aromatic rings. The lowest BCUT2D eigenvalue weighted by Gasteiger charge is -2.30. The number of amides is 3. The number of likely N-dealkylation sites (tertiary alicyclic amines) is 1. The fourth-order valence-corrected chi connectivity index (χ4v) is 2.01. The maximum absolute atomic E-state index is 11.3. The molecular formula is C11H20ClN3O2. The van der Waals surface area contributed by atoms with Crippen LogP contribution in [0.5, 0.6) is 0 Å². The number of carbonyl (C=O) groups is 2. The van der Waals surface area contributed by atoms with E-state index in [2.05, 4.69) is 22.5 Å². The summed E-state index contributed by atoms with van der Waals surface area (Å²) in [6, 6.07) is -0.450. The summed E-state index contributed by atoms with van der Waals surface area (Å²) in [4.78, 5) is 24.5. The number of halogens is 1. The SMILES string of the molecule is CCN1CCC(CNC(=O)NC(=O)CCl)CC1. The number of hydrogen-bond donors (Lipinski definition) is 2. The van der Waals surface area contributed by atoms with Crippen molar-refractivity contribution < 1.29 is 9.59 Å². The Morgan fingerprint density at radius 2 is 2.00 bits per heavy atom. The van der Waals surface area contributed by atoms with Crippen molar-refractivity contribution >= 4 is 23.5 Å². The fraction of sp³-hybridized carbons (Fsp3) is 0.818. The number of alkyl halides is 1. The predicted octanol–water partition coefficient (Wildman–Crippen LogP) is 0.783. The molecular weight excluding hydrogens is 242 g/mol. The highest BCUT2D eigenvalue weighted by Crippen LogP contribution is 2.15. The number of carbonyl (C=O) groups excluding carboxylic acids is 2. The summed E-state index contributed by atoms with van der Waals surface area (Å²) in [5.74, 6) is -0.151. The van der Waals surface area contributed by atoms with Crippen LogP contribution in [0.15, 0.2) is 0 Å². The molecule has 17 heavy (non-hydrogen) atoms. The first-order valence-corrected chi connectivity index (χ1v) is 6.55. The molecule has 0 spiro atoms. The van der Waals surface area contributed by atoms with Gasteiger partial charge in [-0.2, -0.15) is 0 Å². The van der Waals surface area contributed by atoms with Crippen molar-refractivity contribution in [2.24, 2.45) is 5.92 Å². The molecule has 1 heterocycles. The molecule has 0 saturated carbocycles. The van der Waals surface area contributed by atoms with Crippen LogP contribution in [0.3, 0.4) is 0 Å². The van der Waals surface area contributed by atoms with E-state index in [9.17, 15) is 9.59 Å². The molecule has 1 rings (SSSR count). The Balaban J connectivity index is 2.14. The van der Waals surface area contributed by atoms with Gasteiger partial charge in [0.05, 0.1) is 0 Å². The van der Waals surface area contributed by atoms with Gasteiger partial charge in [0, 0.05) is 6.54 Å². The average molecular weight is 262 g/mol. The van der Waals surface area contributed by atoms with E-state index in [0.717, 1.165) is 32.5 Å². The van der Waals surface area contributed by atoms with E-state index in [-0.39, 0.29) is 5.88 Å². The molecule has 3 amide bonds. The van der Waals surface area contributed by atoms with Crippen LogP contribution in [-0.4, -0.2) is 48.9 Å². The van der Waals surface area contributed by atoms with Gasteiger partial charge >= 0.3 is 6.03 Å². The Hall–Kier alpha value is -0.810. The molecule has 0 aliphatic carbocycles. The normalized spacial score (nSPS) is 17.8. The molecule has 2 N–H and O–H groups in total. The lowest BCUT2D eigenvalue weighted by molar-refractivity contribution is -0.117. The lowest BCUT2D eigenvalue weighted by atomic mass is 9.97. The van der Waals surface area contributed by atoms with Crippen LogP contribution in [-0.2, 0) is 4.79 Å². The number of rotatable bonds is 4. The summed E-state index contributed by atoms with van der Waals surface area (Å²) in [7, 11) is 0. The first-order valence-electron chi connectivity index (χ1n) is 6.01. The van der Waals surface area contributed by atoms with Crippen LogP contribution >= 0.6 is 11.6 Å². The molecule has 0 radical (unpaired) electrons. The van der Waals surface area contributed by atoms with E-state index >= 15 is 0 Å². The van der Waals surface area contributed by atoms with Crippen LogP contribution in [0.25, 0.3) is 0 Å². The minimum atomic E-state index is -0.468. The Kier molecular flexibility index (Phi) is 6.29. The molecule has 1 aliphatic rings. The lowest BCUT2D eigenvalue weighted by Crippen LogP contribution is -2.44. The van der Waals surface area contributed by atoms with Gasteiger partial charge in [-0.05, 0) is 38.4 Å². The minimum absolute atomic E-state index is 0.192. The van der Waals surface area contributed by atoms with Crippen LogP contribution < -0.4 is 10.6 Å². The first-order chi connectivity index (χ1) is 8.15. The summed E-state index contributed by atoms with van der Waals surface area (Å²) in [5, 5.41) is 4.86. The molecule has 6 heteroatoms. The number of nitrogens with one attached hydrogen (secondary N) is 2. The van der Waals surface area contributed by atoms with Crippen LogP contribution in [0.1, 0.15) is 19.8 Å². The third-order valence-electron chi connectivity index (χ3n) is 3.08. The van der Waals surface area contributed by atoms with Crippen LogP contribution in [0.2, 0.25) is 0 Å². The highest BCUT2D eigenvalue weighted by molar-refractivity contribution is 6.28. The third kappa shape index (κ3) is 5.37. The van der Waals surface area contributed by atoms with E-state index in [4.69, 9.17) is 11.6 Å². The van der Waals surface area contributed by atoms with Crippen molar-refractivity contribution in [3.8, 4) is 0 Å². The number of imide groups is 1. The zero-order valence-corrected chi connectivity index (χ0v) is 10.9. The molecule has 0 aromatic heterocycles. The summed E-state index contributed by atoms with van der Waals surface area (Å²) < 4.78 is 0. The van der Waals surface area contributed by atoms with Gasteiger partial charge in [-0.25, -0.2) is 4.79 Å². The van der Waals surface area contributed by atoms with E-state index in [1.54, 1.807) is 0 Å². The third-order valence-corrected chi connectivity index (χ3v) is 3.32. The number of nitrogens with zero attached hydrogens (tertiary/aromatic N) is 1. The Labute approximate surface area is 107 Å². The predicted molar refractivity (Wildman–Crippen MR) is 67.1 cm³/mol. The van der Waals surface area contributed by atoms with E-state index in [1.165, 1.54) is 0 Å². The van der Waals surface area contributed by atoms with Crippen molar-refractivity contribution in [3.05, 3.63) is 0 Å². The van der Waals surface area contributed by atoms with Crippen LogP contribution in [0.4, 0.5) is 4.79 Å². The minimum Gasteiger partial charge on any atom is -0.338 e. The Bertz CT molecular complexity index is 265. The second-order valence-corrected chi connectivity index (χ2v) is 4.54. The Morgan fingerprint density at radius 3 is 2.53 bits per heavy atom. The Morgan fingerprint density at radius 1 is 1.35 bits per heavy atom. The van der Waals surface area contributed by atoms with Crippen molar-refractivity contribution in [2.45, 2.75) is 19.8 Å². The molecule has 5 nitrogen and oxygen atoms in total. The smallest absolute Gasteiger partial charge is 0.321 e. The van der Waals surface area contributed by atoms with Gasteiger partial charge in [-0.15, -0.1) is 11.6 Å². The summed E-state index contributed by atoms with van der Waals surface area (Å²) >= 11 is 5.28. The van der Waals surface area contributed by atoms with Crippen molar-refractivity contribution in [2.75, 3.05) is 32.1 Å². The molecule has 1 fully saturated rings. The van der Waals surface area contributed by atoms with E-state index < -0.39 is 11.9 Å². The molecule has 1 saturated heterocycles. The van der Waals surface area contributed by atoms with Gasteiger partial charge in [-0.3, -0.25) is 10.1 Å². The average Bonchev–Trinajstić information content (AvgIpc) is 2.36. The topological polar surface area (TPSA) is 61.4 Å². The van der Waals surface area contributed by atoms with Gasteiger partial charge in [0.2, 0.25) is 5.91 Å². The number of piperidine rings is 1. The van der Waals surface area contributed by atoms with Gasteiger partial charge in [0.25, 0.3) is 0 Å². The zero-order valence-electron chi connectivity index (χ0n) is 10.2. The molecule has 0 aromatic carbocycles. The maximum atomic E-state index is 11.3. The van der Waals surface area contributed by atoms with Gasteiger partial charge in [0.1, 0.15) is 5.88 Å².